The van der Waals surface area contributed by atoms with E-state index in [2.05, 4.69) is 10.1 Å². The van der Waals surface area contributed by atoms with Gasteiger partial charge < -0.3 is 14.0 Å². The van der Waals surface area contributed by atoms with Gasteiger partial charge in [-0.15, -0.1) is 0 Å². The normalized spacial score (nSPS) is 11.2. The topological polar surface area (TPSA) is 72.3 Å². The Balaban J connectivity index is 1.81. The van der Waals surface area contributed by atoms with Crippen LogP contribution in [-0.4, -0.2) is 21.9 Å². The number of unbranched alkanes of at least 4 members (excludes halogenated alkanes) is 1. The number of furan rings is 1. The third kappa shape index (κ3) is 2.51. The fourth-order valence-corrected chi connectivity index (χ4v) is 1.94. The minimum absolute atomic E-state index is 0.185. The summed E-state index contributed by atoms with van der Waals surface area (Å²) in [5, 5.41) is 13.7. The molecule has 0 saturated heterocycles. The molecule has 1 N–H and O–H groups in total. The Labute approximate surface area is 109 Å². The number of rotatable bonds is 5. The fraction of sp³-hybridized carbons (Fsp3) is 0.286. The minimum atomic E-state index is 0.185. The average Bonchev–Trinajstić information content (AvgIpc) is 3.04. The molecule has 98 valence electrons. The van der Waals surface area contributed by atoms with Crippen molar-refractivity contribution in [1.82, 2.24) is 10.1 Å². The molecule has 0 aliphatic heterocycles. The van der Waals surface area contributed by atoms with E-state index in [9.17, 15) is 0 Å². The molecular weight excluding hydrogens is 244 g/mol. The van der Waals surface area contributed by atoms with Crippen molar-refractivity contribution < 1.29 is 14.0 Å². The van der Waals surface area contributed by atoms with E-state index in [1.54, 1.807) is 0 Å². The molecule has 0 aliphatic rings. The lowest BCUT2D eigenvalue weighted by molar-refractivity contribution is 0.281. The second-order valence-corrected chi connectivity index (χ2v) is 4.34. The molecule has 5 nitrogen and oxygen atoms in total. The van der Waals surface area contributed by atoms with Gasteiger partial charge in [-0.2, -0.15) is 4.98 Å². The summed E-state index contributed by atoms with van der Waals surface area (Å²) < 4.78 is 10.8. The number of aliphatic hydroxyl groups is 1. The highest BCUT2D eigenvalue weighted by Gasteiger charge is 2.12. The van der Waals surface area contributed by atoms with Crippen molar-refractivity contribution in [3.63, 3.8) is 0 Å². The molecule has 0 spiro atoms. The zero-order chi connectivity index (χ0) is 13.1. The molecule has 3 aromatic rings. The van der Waals surface area contributed by atoms with Gasteiger partial charge in [-0.05, 0) is 25.0 Å². The zero-order valence-electron chi connectivity index (χ0n) is 10.4. The van der Waals surface area contributed by atoms with Gasteiger partial charge in [0.1, 0.15) is 5.58 Å². The van der Waals surface area contributed by atoms with Crippen LogP contribution in [0, 0.1) is 0 Å². The lowest BCUT2D eigenvalue weighted by Crippen LogP contribution is -1.88. The number of aromatic nitrogens is 2. The first-order chi connectivity index (χ1) is 9.36. The van der Waals surface area contributed by atoms with Crippen LogP contribution in [0.1, 0.15) is 18.7 Å². The number of para-hydroxylation sites is 1. The lowest BCUT2D eigenvalue weighted by Gasteiger charge is -1.90. The Kier molecular flexibility index (Phi) is 3.29. The first kappa shape index (κ1) is 11.9. The van der Waals surface area contributed by atoms with E-state index in [-0.39, 0.29) is 6.61 Å². The van der Waals surface area contributed by atoms with Crippen LogP contribution < -0.4 is 0 Å². The number of hydrogen-bond acceptors (Lipinski definition) is 5. The summed E-state index contributed by atoms with van der Waals surface area (Å²) in [6.07, 6.45) is 2.24. The molecule has 0 saturated carbocycles. The largest absolute Gasteiger partial charge is 0.453 e. The summed E-state index contributed by atoms with van der Waals surface area (Å²) in [7, 11) is 0. The van der Waals surface area contributed by atoms with Crippen LogP contribution in [0.15, 0.2) is 39.3 Å². The highest BCUT2D eigenvalue weighted by Crippen LogP contribution is 2.25. The van der Waals surface area contributed by atoms with E-state index in [1.807, 2.05) is 30.3 Å². The first-order valence-corrected chi connectivity index (χ1v) is 6.29. The van der Waals surface area contributed by atoms with Crippen molar-refractivity contribution in [3.8, 4) is 11.6 Å². The predicted molar refractivity (Wildman–Crippen MR) is 69.5 cm³/mol. The van der Waals surface area contributed by atoms with E-state index in [0.29, 0.717) is 23.9 Å². The van der Waals surface area contributed by atoms with Crippen molar-refractivity contribution in [3.05, 3.63) is 36.2 Å². The van der Waals surface area contributed by atoms with Crippen LogP contribution >= 0.6 is 0 Å². The number of hydrogen-bond donors (Lipinski definition) is 1. The van der Waals surface area contributed by atoms with Crippen LogP contribution in [0.25, 0.3) is 22.6 Å². The molecule has 0 atom stereocenters. The molecule has 0 unspecified atom stereocenters. The number of aliphatic hydroxyl groups excluding tert-OH is 1. The third-order valence-electron chi connectivity index (χ3n) is 2.91. The van der Waals surface area contributed by atoms with Crippen LogP contribution in [0.4, 0.5) is 0 Å². The van der Waals surface area contributed by atoms with Gasteiger partial charge in [-0.3, -0.25) is 0 Å². The Morgan fingerprint density at radius 3 is 2.89 bits per heavy atom. The second-order valence-electron chi connectivity index (χ2n) is 4.34. The zero-order valence-corrected chi connectivity index (χ0v) is 10.4. The molecule has 0 fully saturated rings. The molecule has 19 heavy (non-hydrogen) atoms. The summed E-state index contributed by atoms with van der Waals surface area (Å²) in [6, 6.07) is 9.66. The van der Waals surface area contributed by atoms with Gasteiger partial charge in [0.05, 0.1) is 0 Å². The van der Waals surface area contributed by atoms with E-state index in [4.69, 9.17) is 14.0 Å². The standard InChI is InChI=1S/C14H14N2O3/c17-8-4-3-7-13-15-14(16-19-13)12-9-10-5-1-2-6-11(10)18-12/h1-2,5-6,9,17H,3-4,7-8H2. The molecule has 5 heteroatoms. The monoisotopic (exact) mass is 258 g/mol. The predicted octanol–water partition coefficient (Wildman–Crippen LogP) is 2.80. The maximum Gasteiger partial charge on any atom is 0.238 e. The average molecular weight is 258 g/mol. The second kappa shape index (κ2) is 5.24. The van der Waals surface area contributed by atoms with Crippen LogP contribution in [0.5, 0.6) is 0 Å². The Morgan fingerprint density at radius 1 is 1.16 bits per heavy atom. The van der Waals surface area contributed by atoms with Gasteiger partial charge in [0, 0.05) is 18.4 Å². The van der Waals surface area contributed by atoms with E-state index < -0.39 is 0 Å². The Hall–Kier alpha value is -2.14. The van der Waals surface area contributed by atoms with Gasteiger partial charge in [0.25, 0.3) is 0 Å². The maximum atomic E-state index is 8.73. The SMILES string of the molecule is OCCCCc1nc(-c2cc3ccccc3o2)no1. The third-order valence-corrected chi connectivity index (χ3v) is 2.91. The molecule has 0 radical (unpaired) electrons. The first-order valence-electron chi connectivity index (χ1n) is 6.29. The quantitative estimate of drug-likeness (QED) is 0.712. The Morgan fingerprint density at radius 2 is 2.05 bits per heavy atom. The lowest BCUT2D eigenvalue weighted by atomic mass is 10.2. The highest BCUT2D eigenvalue weighted by molar-refractivity contribution is 5.81. The molecular formula is C14H14N2O3. The van der Waals surface area contributed by atoms with Crippen molar-refractivity contribution in [2.45, 2.75) is 19.3 Å². The van der Waals surface area contributed by atoms with E-state index in [1.165, 1.54) is 0 Å². The molecule has 0 aliphatic carbocycles. The van der Waals surface area contributed by atoms with Crippen molar-refractivity contribution in [2.24, 2.45) is 0 Å². The molecule has 2 aromatic heterocycles. The van der Waals surface area contributed by atoms with Gasteiger partial charge in [0.2, 0.25) is 11.7 Å². The van der Waals surface area contributed by atoms with E-state index >= 15 is 0 Å². The van der Waals surface area contributed by atoms with Crippen LogP contribution in [0.3, 0.4) is 0 Å². The number of fused-ring (bicyclic) bond motifs is 1. The highest BCUT2D eigenvalue weighted by atomic mass is 16.5. The Bertz CT molecular complexity index is 639. The van der Waals surface area contributed by atoms with E-state index in [0.717, 1.165) is 23.8 Å². The minimum Gasteiger partial charge on any atom is -0.453 e. The molecule has 3 rings (SSSR count). The van der Waals surface area contributed by atoms with Gasteiger partial charge in [0.15, 0.2) is 5.76 Å². The fourth-order valence-electron chi connectivity index (χ4n) is 1.94. The number of benzene rings is 1. The smallest absolute Gasteiger partial charge is 0.238 e. The summed E-state index contributed by atoms with van der Waals surface area (Å²) in [6.45, 7) is 0.185. The maximum absolute atomic E-state index is 8.73. The summed E-state index contributed by atoms with van der Waals surface area (Å²) in [5.41, 5.74) is 0.809. The molecule has 0 bridgehead atoms. The van der Waals surface area contributed by atoms with Crippen molar-refractivity contribution in [2.75, 3.05) is 6.61 Å². The summed E-state index contributed by atoms with van der Waals surface area (Å²) >= 11 is 0. The number of nitrogens with zero attached hydrogens (tertiary/aromatic N) is 2. The summed E-state index contributed by atoms with van der Waals surface area (Å²) in [4.78, 5) is 4.29. The number of aryl methyl sites for hydroxylation is 1. The van der Waals surface area contributed by atoms with Gasteiger partial charge >= 0.3 is 0 Å². The molecule has 1 aromatic carbocycles. The van der Waals surface area contributed by atoms with Crippen LogP contribution in [0.2, 0.25) is 0 Å². The van der Waals surface area contributed by atoms with Crippen molar-refractivity contribution in [1.29, 1.82) is 0 Å². The summed E-state index contributed by atoms with van der Waals surface area (Å²) in [5.74, 6) is 1.65. The van der Waals surface area contributed by atoms with Crippen LogP contribution in [-0.2, 0) is 6.42 Å². The van der Waals surface area contributed by atoms with Gasteiger partial charge in [-0.25, -0.2) is 0 Å². The molecule has 0 amide bonds. The molecule has 2 heterocycles. The van der Waals surface area contributed by atoms with Crippen molar-refractivity contribution >= 4 is 11.0 Å². The van der Waals surface area contributed by atoms with Gasteiger partial charge in [-0.1, -0.05) is 23.4 Å².